The van der Waals surface area contributed by atoms with Crippen LogP contribution < -0.4 is 10.1 Å². The van der Waals surface area contributed by atoms with Crippen molar-refractivity contribution in [1.82, 2.24) is 5.32 Å². The van der Waals surface area contributed by atoms with Gasteiger partial charge >= 0.3 is 11.9 Å². The monoisotopic (exact) mass is 239 g/mol. The third-order valence-corrected chi connectivity index (χ3v) is 1.87. The Hall–Kier alpha value is -2.08. The largest absolute Gasteiger partial charge is 0.482 e. The maximum Gasteiger partial charge on any atom is 0.341 e. The summed E-state index contributed by atoms with van der Waals surface area (Å²) in [5, 5.41) is 19.6. The van der Waals surface area contributed by atoms with Crippen LogP contribution in [0.1, 0.15) is 5.56 Å². The van der Waals surface area contributed by atoms with E-state index in [-0.39, 0.29) is 6.54 Å². The molecule has 0 aromatic heterocycles. The predicted molar refractivity (Wildman–Crippen MR) is 58.9 cm³/mol. The quantitative estimate of drug-likeness (QED) is 0.634. The van der Waals surface area contributed by atoms with Crippen LogP contribution in [0.3, 0.4) is 0 Å². The van der Waals surface area contributed by atoms with Gasteiger partial charge in [0.25, 0.3) is 0 Å². The first-order valence-electron chi connectivity index (χ1n) is 4.94. The molecule has 6 heteroatoms. The van der Waals surface area contributed by atoms with Crippen molar-refractivity contribution in [3.63, 3.8) is 0 Å². The van der Waals surface area contributed by atoms with Crippen molar-refractivity contribution >= 4 is 11.9 Å². The molecule has 92 valence electrons. The van der Waals surface area contributed by atoms with Gasteiger partial charge in [0.1, 0.15) is 5.75 Å². The van der Waals surface area contributed by atoms with Gasteiger partial charge in [-0.05, 0) is 17.7 Å². The first kappa shape index (κ1) is 13.0. The highest BCUT2D eigenvalue weighted by atomic mass is 16.5. The minimum atomic E-state index is -1.04. The van der Waals surface area contributed by atoms with Crippen LogP contribution in [0.5, 0.6) is 5.75 Å². The molecule has 0 bridgehead atoms. The average molecular weight is 239 g/mol. The second-order valence-corrected chi connectivity index (χ2v) is 3.33. The molecule has 0 atom stereocenters. The number of ether oxygens (including phenoxy) is 1. The lowest BCUT2D eigenvalue weighted by molar-refractivity contribution is -0.139. The molecule has 0 saturated heterocycles. The van der Waals surface area contributed by atoms with Crippen LogP contribution in [0.2, 0.25) is 0 Å². The minimum Gasteiger partial charge on any atom is -0.482 e. The fourth-order valence-corrected chi connectivity index (χ4v) is 1.20. The van der Waals surface area contributed by atoms with Crippen molar-refractivity contribution in [2.75, 3.05) is 13.2 Å². The summed E-state index contributed by atoms with van der Waals surface area (Å²) in [7, 11) is 0. The van der Waals surface area contributed by atoms with Crippen LogP contribution in [0, 0.1) is 0 Å². The normalized spacial score (nSPS) is 9.88. The standard InChI is InChI=1S/C11H13NO5/c13-10(14)6-12-5-8-2-1-3-9(4-8)17-7-11(15)16/h1-4,12H,5-7H2,(H,13,14)(H,15,16). The molecule has 3 N–H and O–H groups in total. The molecular formula is C11H13NO5. The molecule has 0 radical (unpaired) electrons. The summed E-state index contributed by atoms with van der Waals surface area (Å²) in [4.78, 5) is 20.6. The average Bonchev–Trinajstić information content (AvgIpc) is 2.26. The van der Waals surface area contributed by atoms with Gasteiger partial charge < -0.3 is 20.3 Å². The number of carboxylic acids is 2. The maximum atomic E-state index is 10.3. The molecule has 1 aromatic rings. The second-order valence-electron chi connectivity index (χ2n) is 3.33. The molecule has 0 unspecified atom stereocenters. The van der Waals surface area contributed by atoms with Gasteiger partial charge in [0.05, 0.1) is 6.54 Å². The van der Waals surface area contributed by atoms with Crippen molar-refractivity contribution in [2.24, 2.45) is 0 Å². The topological polar surface area (TPSA) is 95.9 Å². The number of hydrogen-bond acceptors (Lipinski definition) is 4. The minimum absolute atomic E-state index is 0.125. The number of aliphatic carboxylic acids is 2. The lowest BCUT2D eigenvalue weighted by atomic mass is 10.2. The zero-order valence-corrected chi connectivity index (χ0v) is 9.05. The molecule has 0 aliphatic rings. The fraction of sp³-hybridized carbons (Fsp3) is 0.273. The Morgan fingerprint density at radius 3 is 2.65 bits per heavy atom. The predicted octanol–water partition coefficient (Wildman–Crippen LogP) is 0.324. The van der Waals surface area contributed by atoms with Crippen LogP contribution in [0.4, 0.5) is 0 Å². The van der Waals surface area contributed by atoms with Gasteiger partial charge in [0.15, 0.2) is 6.61 Å². The summed E-state index contributed by atoms with van der Waals surface area (Å²) in [6, 6.07) is 6.82. The van der Waals surface area contributed by atoms with E-state index in [1.807, 2.05) is 0 Å². The van der Waals surface area contributed by atoms with E-state index in [0.29, 0.717) is 12.3 Å². The molecule has 1 rings (SSSR count). The van der Waals surface area contributed by atoms with Crippen molar-refractivity contribution in [2.45, 2.75) is 6.54 Å². The van der Waals surface area contributed by atoms with Crippen LogP contribution >= 0.6 is 0 Å². The SMILES string of the molecule is O=C(O)CNCc1cccc(OCC(=O)O)c1. The summed E-state index contributed by atoms with van der Waals surface area (Å²) >= 11 is 0. The molecule has 0 heterocycles. The molecule has 0 aliphatic carbocycles. The molecule has 17 heavy (non-hydrogen) atoms. The number of hydrogen-bond donors (Lipinski definition) is 3. The smallest absolute Gasteiger partial charge is 0.341 e. The summed E-state index contributed by atoms with van der Waals surface area (Å²) in [5.41, 5.74) is 0.828. The highest BCUT2D eigenvalue weighted by Gasteiger charge is 2.01. The fourth-order valence-electron chi connectivity index (χ4n) is 1.20. The second kappa shape index (κ2) is 6.49. The molecule has 0 aliphatic heterocycles. The summed E-state index contributed by atoms with van der Waals surface area (Å²) in [5.74, 6) is -1.52. The molecular weight excluding hydrogens is 226 g/mol. The van der Waals surface area contributed by atoms with Crippen molar-refractivity contribution in [3.8, 4) is 5.75 Å². The zero-order valence-electron chi connectivity index (χ0n) is 9.05. The number of carbonyl (C=O) groups is 2. The summed E-state index contributed by atoms with van der Waals surface area (Å²) < 4.78 is 4.99. The molecule has 1 aromatic carbocycles. The molecule has 0 saturated carbocycles. The van der Waals surface area contributed by atoms with Crippen molar-refractivity contribution < 1.29 is 24.5 Å². The van der Waals surface area contributed by atoms with E-state index >= 15 is 0 Å². The van der Waals surface area contributed by atoms with Crippen LogP contribution in [0.15, 0.2) is 24.3 Å². The lowest BCUT2D eigenvalue weighted by Gasteiger charge is -2.06. The van der Waals surface area contributed by atoms with E-state index in [0.717, 1.165) is 5.56 Å². The van der Waals surface area contributed by atoms with Crippen LogP contribution in [0.25, 0.3) is 0 Å². The van der Waals surface area contributed by atoms with E-state index in [1.54, 1.807) is 24.3 Å². The number of rotatable bonds is 7. The van der Waals surface area contributed by atoms with Gasteiger partial charge in [-0.1, -0.05) is 12.1 Å². The van der Waals surface area contributed by atoms with Gasteiger partial charge in [-0.3, -0.25) is 4.79 Å². The number of benzene rings is 1. The van der Waals surface area contributed by atoms with Gasteiger partial charge in [-0.25, -0.2) is 4.79 Å². The molecule has 6 nitrogen and oxygen atoms in total. The van der Waals surface area contributed by atoms with Crippen LogP contribution in [-0.4, -0.2) is 35.3 Å². The molecule has 0 amide bonds. The van der Waals surface area contributed by atoms with Gasteiger partial charge in [-0.15, -0.1) is 0 Å². The van der Waals surface area contributed by atoms with Gasteiger partial charge in [-0.2, -0.15) is 0 Å². The summed E-state index contributed by atoms with van der Waals surface area (Å²) in [6.45, 7) is -0.136. The Morgan fingerprint density at radius 1 is 1.24 bits per heavy atom. The third kappa shape index (κ3) is 5.53. The first-order chi connectivity index (χ1) is 8.08. The Morgan fingerprint density at radius 2 is 2.00 bits per heavy atom. The number of carboxylic acid groups (broad SMARTS) is 2. The van der Waals surface area contributed by atoms with E-state index in [2.05, 4.69) is 5.32 Å². The van der Waals surface area contributed by atoms with E-state index in [9.17, 15) is 9.59 Å². The summed E-state index contributed by atoms with van der Waals surface area (Å²) in [6.07, 6.45) is 0. The first-order valence-corrected chi connectivity index (χ1v) is 4.94. The number of nitrogens with one attached hydrogen (secondary N) is 1. The van der Waals surface area contributed by atoms with Crippen molar-refractivity contribution in [3.05, 3.63) is 29.8 Å². The lowest BCUT2D eigenvalue weighted by Crippen LogP contribution is -2.21. The Labute approximate surface area is 97.8 Å². The highest BCUT2D eigenvalue weighted by molar-refractivity contribution is 5.69. The Balaban J connectivity index is 2.47. The molecule has 0 fully saturated rings. The van der Waals surface area contributed by atoms with Gasteiger partial charge in [0.2, 0.25) is 0 Å². The zero-order chi connectivity index (χ0) is 12.7. The van der Waals surface area contributed by atoms with E-state index < -0.39 is 18.5 Å². The Kier molecular flexibility index (Phi) is 4.96. The molecule has 0 spiro atoms. The van der Waals surface area contributed by atoms with Crippen molar-refractivity contribution in [1.29, 1.82) is 0 Å². The third-order valence-electron chi connectivity index (χ3n) is 1.87. The maximum absolute atomic E-state index is 10.3. The van der Waals surface area contributed by atoms with Crippen LogP contribution in [-0.2, 0) is 16.1 Å². The Bertz CT molecular complexity index is 405. The van der Waals surface area contributed by atoms with E-state index in [4.69, 9.17) is 14.9 Å². The van der Waals surface area contributed by atoms with Gasteiger partial charge in [0, 0.05) is 6.54 Å². The highest BCUT2D eigenvalue weighted by Crippen LogP contribution is 2.12. The van der Waals surface area contributed by atoms with E-state index in [1.165, 1.54) is 0 Å².